The third-order valence-electron chi connectivity index (χ3n) is 2.86. The van der Waals surface area contributed by atoms with Crippen molar-refractivity contribution in [2.45, 2.75) is 32.4 Å². The van der Waals surface area contributed by atoms with Crippen LogP contribution in [0.5, 0.6) is 0 Å². The van der Waals surface area contributed by atoms with Gasteiger partial charge in [-0.05, 0) is 18.2 Å². The van der Waals surface area contributed by atoms with E-state index in [1.54, 1.807) is 17.0 Å². The highest BCUT2D eigenvalue weighted by atomic mass is 79.9. The average Bonchev–Trinajstić information content (AvgIpc) is 2.66. The molecular formula is C13H18BrFN2OSi. The molecular weight excluding hydrogens is 327 g/mol. The van der Waals surface area contributed by atoms with E-state index < -0.39 is 8.07 Å². The zero-order valence-electron chi connectivity index (χ0n) is 11.4. The van der Waals surface area contributed by atoms with Gasteiger partial charge in [-0.2, -0.15) is 0 Å². The van der Waals surface area contributed by atoms with Crippen molar-refractivity contribution >= 4 is 35.0 Å². The zero-order valence-corrected chi connectivity index (χ0v) is 14.0. The summed E-state index contributed by atoms with van der Waals surface area (Å²) in [6.07, 6.45) is 1.62. The molecule has 0 aliphatic carbocycles. The van der Waals surface area contributed by atoms with E-state index in [1.165, 1.54) is 6.07 Å². The van der Waals surface area contributed by atoms with Crippen LogP contribution in [0.4, 0.5) is 4.39 Å². The summed E-state index contributed by atoms with van der Waals surface area (Å²) in [5.41, 5.74) is 1.14. The number of hydrogen-bond donors (Lipinski definition) is 0. The van der Waals surface area contributed by atoms with E-state index in [0.29, 0.717) is 28.8 Å². The number of hydrogen-bond acceptors (Lipinski definition) is 2. The van der Waals surface area contributed by atoms with Gasteiger partial charge in [0, 0.05) is 19.2 Å². The molecule has 0 saturated heterocycles. The van der Waals surface area contributed by atoms with Gasteiger partial charge in [0.25, 0.3) is 0 Å². The average molecular weight is 345 g/mol. The van der Waals surface area contributed by atoms with Crippen molar-refractivity contribution in [1.82, 2.24) is 9.55 Å². The molecule has 1 heterocycles. The molecule has 0 atom stereocenters. The van der Waals surface area contributed by atoms with E-state index in [0.717, 1.165) is 6.04 Å². The Labute approximate surface area is 121 Å². The van der Waals surface area contributed by atoms with Gasteiger partial charge in [-0.25, -0.2) is 9.37 Å². The zero-order chi connectivity index (χ0) is 14.0. The summed E-state index contributed by atoms with van der Waals surface area (Å²) < 4.78 is 21.9. The Kier molecular flexibility index (Phi) is 4.42. The standard InChI is InChI=1S/C13H18BrFN2OSi/c1-19(2,3)5-4-18-9-17-8-16-12-7-10(14)6-11(15)13(12)17/h6-8H,4-5,9H2,1-3H3. The lowest BCUT2D eigenvalue weighted by atomic mass is 10.3. The molecule has 0 aliphatic heterocycles. The minimum absolute atomic E-state index is 0.282. The first-order valence-corrected chi connectivity index (χ1v) is 10.7. The molecule has 104 valence electrons. The molecule has 0 unspecified atom stereocenters. The summed E-state index contributed by atoms with van der Waals surface area (Å²) in [5, 5.41) is 0. The lowest BCUT2D eigenvalue weighted by Gasteiger charge is -2.15. The molecule has 19 heavy (non-hydrogen) atoms. The second-order valence-electron chi connectivity index (χ2n) is 5.82. The second kappa shape index (κ2) is 5.72. The Balaban J connectivity index is 2.06. The molecule has 0 radical (unpaired) electrons. The molecule has 0 amide bonds. The highest BCUT2D eigenvalue weighted by Crippen LogP contribution is 2.22. The third kappa shape index (κ3) is 3.87. The molecule has 0 fully saturated rings. The number of halogens is 2. The molecule has 0 N–H and O–H groups in total. The van der Waals surface area contributed by atoms with Gasteiger partial charge >= 0.3 is 0 Å². The van der Waals surface area contributed by atoms with Crippen LogP contribution in [-0.4, -0.2) is 24.2 Å². The van der Waals surface area contributed by atoms with Crippen LogP contribution in [0, 0.1) is 5.82 Å². The Morgan fingerprint density at radius 1 is 1.37 bits per heavy atom. The van der Waals surface area contributed by atoms with Crippen molar-refractivity contribution in [3.8, 4) is 0 Å². The van der Waals surface area contributed by atoms with Gasteiger partial charge in [-0.1, -0.05) is 35.6 Å². The molecule has 1 aromatic carbocycles. The Morgan fingerprint density at radius 3 is 2.79 bits per heavy atom. The lowest BCUT2D eigenvalue weighted by Crippen LogP contribution is -2.22. The van der Waals surface area contributed by atoms with Crippen LogP contribution in [0.3, 0.4) is 0 Å². The maximum atomic E-state index is 13.9. The maximum absolute atomic E-state index is 13.9. The second-order valence-corrected chi connectivity index (χ2v) is 12.4. The molecule has 2 rings (SSSR count). The van der Waals surface area contributed by atoms with Gasteiger partial charge < -0.3 is 9.30 Å². The minimum atomic E-state index is -1.08. The van der Waals surface area contributed by atoms with E-state index >= 15 is 0 Å². The number of ether oxygens (including phenoxy) is 1. The van der Waals surface area contributed by atoms with E-state index in [2.05, 4.69) is 40.6 Å². The van der Waals surface area contributed by atoms with Crippen LogP contribution in [-0.2, 0) is 11.5 Å². The van der Waals surface area contributed by atoms with Gasteiger partial charge in [0.1, 0.15) is 18.1 Å². The van der Waals surface area contributed by atoms with E-state index in [4.69, 9.17) is 4.74 Å². The fourth-order valence-corrected chi connectivity index (χ4v) is 2.94. The molecule has 0 aliphatic rings. The van der Waals surface area contributed by atoms with Crippen molar-refractivity contribution in [2.24, 2.45) is 0 Å². The van der Waals surface area contributed by atoms with Gasteiger partial charge in [0.05, 0.1) is 11.8 Å². The first-order chi connectivity index (χ1) is 8.87. The monoisotopic (exact) mass is 344 g/mol. The predicted octanol–water partition coefficient (Wildman–Crippen LogP) is 4.25. The topological polar surface area (TPSA) is 27.1 Å². The maximum Gasteiger partial charge on any atom is 0.150 e. The molecule has 0 saturated carbocycles. The van der Waals surface area contributed by atoms with Crippen LogP contribution in [0.25, 0.3) is 11.0 Å². The van der Waals surface area contributed by atoms with Crippen molar-refractivity contribution in [2.75, 3.05) is 6.61 Å². The van der Waals surface area contributed by atoms with Gasteiger partial charge in [0.15, 0.2) is 0 Å². The summed E-state index contributed by atoms with van der Waals surface area (Å²) in [7, 11) is -1.08. The molecule has 1 aromatic heterocycles. The third-order valence-corrected chi connectivity index (χ3v) is 5.02. The molecule has 6 heteroatoms. The molecule has 2 aromatic rings. The van der Waals surface area contributed by atoms with E-state index in [9.17, 15) is 4.39 Å². The molecule has 0 spiro atoms. The van der Waals surface area contributed by atoms with Crippen molar-refractivity contribution in [3.05, 3.63) is 28.7 Å². The van der Waals surface area contributed by atoms with Crippen molar-refractivity contribution < 1.29 is 9.13 Å². The Hall–Kier alpha value is -0.723. The molecule has 0 bridgehead atoms. The summed E-state index contributed by atoms with van der Waals surface area (Å²) in [6.45, 7) is 7.98. The highest BCUT2D eigenvalue weighted by molar-refractivity contribution is 9.10. The van der Waals surface area contributed by atoms with Gasteiger partial charge in [0.2, 0.25) is 0 Å². The summed E-state index contributed by atoms with van der Waals surface area (Å²) in [5.74, 6) is -0.282. The van der Waals surface area contributed by atoms with Gasteiger partial charge in [-0.3, -0.25) is 0 Å². The van der Waals surface area contributed by atoms with Crippen LogP contribution >= 0.6 is 15.9 Å². The Bertz CT molecular complexity index is 580. The first-order valence-electron chi connectivity index (χ1n) is 6.24. The highest BCUT2D eigenvalue weighted by Gasteiger charge is 2.13. The minimum Gasteiger partial charge on any atom is -0.361 e. The van der Waals surface area contributed by atoms with E-state index in [1.807, 2.05) is 0 Å². The fraction of sp³-hybridized carbons (Fsp3) is 0.462. The number of imidazole rings is 1. The number of fused-ring (bicyclic) bond motifs is 1. The number of nitrogens with zero attached hydrogens (tertiary/aromatic N) is 2. The van der Waals surface area contributed by atoms with E-state index in [-0.39, 0.29) is 5.82 Å². The Morgan fingerprint density at radius 2 is 2.11 bits per heavy atom. The number of benzene rings is 1. The summed E-state index contributed by atoms with van der Waals surface area (Å²) >= 11 is 3.26. The first kappa shape index (κ1) is 14.7. The summed E-state index contributed by atoms with van der Waals surface area (Å²) in [4.78, 5) is 4.19. The smallest absolute Gasteiger partial charge is 0.150 e. The van der Waals surface area contributed by atoms with Gasteiger partial charge in [-0.15, -0.1) is 0 Å². The number of rotatable bonds is 5. The SMILES string of the molecule is C[Si](C)(C)CCOCn1cnc2cc(Br)cc(F)c21. The lowest BCUT2D eigenvalue weighted by molar-refractivity contribution is 0.0895. The normalized spacial score (nSPS) is 12.3. The largest absolute Gasteiger partial charge is 0.361 e. The van der Waals surface area contributed by atoms with Crippen LogP contribution < -0.4 is 0 Å². The van der Waals surface area contributed by atoms with Crippen molar-refractivity contribution in [1.29, 1.82) is 0 Å². The fourth-order valence-electron chi connectivity index (χ4n) is 1.76. The number of aromatic nitrogens is 2. The van der Waals surface area contributed by atoms with Crippen LogP contribution in [0.2, 0.25) is 25.7 Å². The predicted molar refractivity (Wildman–Crippen MR) is 81.5 cm³/mol. The summed E-state index contributed by atoms with van der Waals surface area (Å²) in [6, 6.07) is 4.35. The molecule has 3 nitrogen and oxygen atoms in total. The van der Waals surface area contributed by atoms with Crippen LogP contribution in [0.15, 0.2) is 22.9 Å². The quantitative estimate of drug-likeness (QED) is 0.598. The van der Waals surface area contributed by atoms with Crippen molar-refractivity contribution in [3.63, 3.8) is 0 Å². The van der Waals surface area contributed by atoms with Crippen LogP contribution in [0.1, 0.15) is 0 Å².